The Kier molecular flexibility index (Phi) is 7.67. The zero-order chi connectivity index (χ0) is 25.8. The van der Waals surface area contributed by atoms with Crippen molar-refractivity contribution in [1.82, 2.24) is 35.6 Å². The first-order valence-electron chi connectivity index (χ1n) is 10.4. The molecular weight excluding hydrogens is 447 g/mol. The van der Waals surface area contributed by atoms with Gasteiger partial charge in [0.05, 0.1) is 47.6 Å². The van der Waals surface area contributed by atoms with Crippen LogP contribution in [0.1, 0.15) is 24.3 Å². The number of methoxy groups -OCH3 is 1. The number of rotatable bonds is 8. The van der Waals surface area contributed by atoms with Crippen LogP contribution >= 0.6 is 0 Å². The predicted octanol–water partition coefficient (Wildman–Crippen LogP) is 0.401. The molecule has 3 aromatic rings. The SMILES string of the molecule is [B]C([B])([B])NC(=O)c1nnc(NC(=O)NC(C)C)cc1Nc1cccc(-c2ncn(C)n2)c1OC. The minimum absolute atomic E-state index is 0.0724. The lowest BCUT2D eigenvalue weighted by atomic mass is 9.49. The smallest absolute Gasteiger partial charge is 0.320 e. The fourth-order valence-electron chi connectivity index (χ4n) is 3.03. The van der Waals surface area contributed by atoms with Gasteiger partial charge in [-0.15, -0.1) is 10.2 Å². The molecule has 0 atom stereocenters. The number of anilines is 3. The predicted molar refractivity (Wildman–Crippen MR) is 133 cm³/mol. The average molecular weight is 469 g/mol. The summed E-state index contributed by atoms with van der Waals surface area (Å²) in [6.07, 6.45) is 1.56. The number of ether oxygens (including phenoxy) is 1. The molecule has 6 radical (unpaired) electrons. The van der Waals surface area contributed by atoms with Crippen molar-refractivity contribution in [2.75, 3.05) is 17.7 Å². The molecule has 0 aliphatic carbocycles. The second-order valence-corrected chi connectivity index (χ2v) is 7.89. The van der Waals surface area contributed by atoms with Crippen molar-refractivity contribution in [1.29, 1.82) is 0 Å². The molecule has 12 nitrogen and oxygen atoms in total. The average Bonchev–Trinajstić information content (AvgIpc) is 3.18. The van der Waals surface area contributed by atoms with Crippen molar-refractivity contribution in [3.05, 3.63) is 36.3 Å². The molecule has 174 valence electrons. The van der Waals surface area contributed by atoms with E-state index in [2.05, 4.69) is 41.5 Å². The van der Waals surface area contributed by atoms with Crippen molar-refractivity contribution in [2.24, 2.45) is 7.05 Å². The molecule has 2 heterocycles. The Bertz CT molecular complexity index is 1230. The lowest BCUT2D eigenvalue weighted by molar-refractivity contribution is 0.0947. The third kappa shape index (κ3) is 6.74. The van der Waals surface area contributed by atoms with Gasteiger partial charge in [0.1, 0.15) is 6.33 Å². The van der Waals surface area contributed by atoms with Gasteiger partial charge in [0.2, 0.25) is 0 Å². The van der Waals surface area contributed by atoms with Crippen molar-refractivity contribution in [2.45, 2.75) is 25.1 Å². The maximum absolute atomic E-state index is 12.7. The van der Waals surface area contributed by atoms with Crippen LogP contribution in [0.4, 0.5) is 22.0 Å². The van der Waals surface area contributed by atoms with E-state index in [1.165, 1.54) is 13.2 Å². The molecule has 0 aliphatic rings. The molecule has 0 saturated heterocycles. The number of amides is 3. The number of nitrogens with one attached hydrogen (secondary N) is 4. The number of nitrogens with zero attached hydrogens (tertiary/aromatic N) is 5. The second-order valence-electron chi connectivity index (χ2n) is 7.89. The number of carbonyl (C=O) groups excluding carboxylic acids is 2. The highest BCUT2D eigenvalue weighted by Crippen LogP contribution is 2.37. The first-order chi connectivity index (χ1) is 16.5. The maximum Gasteiger partial charge on any atom is 0.320 e. The van der Waals surface area contributed by atoms with Crippen LogP contribution in [0.15, 0.2) is 30.6 Å². The Morgan fingerprint density at radius 1 is 1.14 bits per heavy atom. The monoisotopic (exact) mass is 469 g/mol. The Balaban J connectivity index is 2.03. The molecule has 4 N–H and O–H groups in total. The number of hydrogen-bond donors (Lipinski definition) is 4. The minimum Gasteiger partial charge on any atom is -0.494 e. The molecule has 0 unspecified atom stereocenters. The lowest BCUT2D eigenvalue weighted by Gasteiger charge is -2.23. The number of hydrogen-bond acceptors (Lipinski definition) is 8. The van der Waals surface area contributed by atoms with Gasteiger partial charge in [0, 0.05) is 19.2 Å². The normalized spacial score (nSPS) is 11.1. The van der Waals surface area contributed by atoms with E-state index in [0.29, 0.717) is 22.8 Å². The van der Waals surface area contributed by atoms with E-state index in [-0.39, 0.29) is 23.2 Å². The van der Waals surface area contributed by atoms with Crippen molar-refractivity contribution < 1.29 is 14.3 Å². The third-order valence-electron chi connectivity index (χ3n) is 4.33. The quantitative estimate of drug-likeness (QED) is 0.347. The van der Waals surface area contributed by atoms with Gasteiger partial charge < -0.3 is 20.7 Å². The van der Waals surface area contributed by atoms with Gasteiger partial charge >= 0.3 is 6.03 Å². The fraction of sp³-hybridized carbons (Fsp3) is 0.300. The molecule has 1 aromatic carbocycles. The standard InChI is InChI=1S/C20H22B3N9O3/c1-10(2)25-19(34)27-14-8-13(15(30-29-14)18(33)28-20(21,22)23)26-12-7-5-6-11(16(12)35-4)17-24-9-32(3)31-17/h5-10H,1-4H3,(H,28,33)(H3,25,26,27,29,34). The summed E-state index contributed by atoms with van der Waals surface area (Å²) < 4.78 is 7.16. The largest absolute Gasteiger partial charge is 0.494 e. The zero-order valence-corrected chi connectivity index (χ0v) is 19.7. The number of urea groups is 1. The van der Waals surface area contributed by atoms with Gasteiger partial charge in [0.15, 0.2) is 23.1 Å². The summed E-state index contributed by atoms with van der Waals surface area (Å²) in [6.45, 7) is 3.61. The Labute approximate surface area is 206 Å². The summed E-state index contributed by atoms with van der Waals surface area (Å²) in [7, 11) is 19.7. The first-order valence-corrected chi connectivity index (χ1v) is 10.4. The molecule has 0 saturated carbocycles. The van der Waals surface area contributed by atoms with Crippen molar-refractivity contribution in [3.8, 4) is 17.1 Å². The first kappa shape index (κ1) is 25.6. The van der Waals surface area contributed by atoms with Crippen LogP contribution in [0.25, 0.3) is 11.4 Å². The summed E-state index contributed by atoms with van der Waals surface area (Å²) in [5.41, 5.74) is 1.03. The van der Waals surface area contributed by atoms with E-state index in [9.17, 15) is 9.59 Å². The van der Waals surface area contributed by atoms with Gasteiger partial charge in [-0.05, 0) is 26.0 Å². The molecule has 0 spiro atoms. The highest BCUT2D eigenvalue weighted by molar-refractivity contribution is 6.60. The highest BCUT2D eigenvalue weighted by Gasteiger charge is 2.22. The minimum atomic E-state index is -1.99. The van der Waals surface area contributed by atoms with Crippen LogP contribution in [-0.2, 0) is 7.05 Å². The number of para-hydroxylation sites is 1. The molecule has 0 aliphatic heterocycles. The van der Waals surface area contributed by atoms with Crippen LogP contribution in [0.5, 0.6) is 5.75 Å². The fourth-order valence-corrected chi connectivity index (χ4v) is 3.03. The molecule has 0 bridgehead atoms. The Hall–Kier alpha value is -4.03. The topological polar surface area (TPSA) is 148 Å². The molecule has 0 fully saturated rings. The highest BCUT2D eigenvalue weighted by atomic mass is 16.5. The molecule has 3 rings (SSSR count). The molecule has 3 amide bonds. The summed E-state index contributed by atoms with van der Waals surface area (Å²) >= 11 is 0. The van der Waals surface area contributed by atoms with Gasteiger partial charge in [-0.1, -0.05) is 11.3 Å². The van der Waals surface area contributed by atoms with Crippen LogP contribution in [0.3, 0.4) is 0 Å². The zero-order valence-electron chi connectivity index (χ0n) is 19.7. The Morgan fingerprint density at radius 2 is 1.89 bits per heavy atom. The number of benzene rings is 1. The van der Waals surface area contributed by atoms with Gasteiger partial charge in [-0.2, -0.15) is 5.10 Å². The van der Waals surface area contributed by atoms with Crippen LogP contribution in [0.2, 0.25) is 0 Å². The molecule has 15 heteroatoms. The Morgan fingerprint density at radius 3 is 2.49 bits per heavy atom. The van der Waals surface area contributed by atoms with Gasteiger partial charge in [-0.3, -0.25) is 14.8 Å². The van der Waals surface area contributed by atoms with Crippen LogP contribution in [0, 0.1) is 0 Å². The van der Waals surface area contributed by atoms with Crippen molar-refractivity contribution in [3.63, 3.8) is 0 Å². The van der Waals surface area contributed by atoms with Crippen molar-refractivity contribution >= 4 is 52.7 Å². The number of aryl methyl sites for hydroxylation is 1. The van der Waals surface area contributed by atoms with Crippen LogP contribution < -0.4 is 26.0 Å². The van der Waals surface area contributed by atoms with Crippen LogP contribution in [-0.4, -0.2) is 78.8 Å². The van der Waals surface area contributed by atoms with E-state index in [0.717, 1.165) is 0 Å². The number of aromatic nitrogens is 5. The number of carbonyl (C=O) groups is 2. The summed E-state index contributed by atoms with van der Waals surface area (Å²) in [5, 5.41) is 20.7. The van der Waals surface area contributed by atoms with E-state index in [1.807, 2.05) is 0 Å². The maximum atomic E-state index is 12.7. The van der Waals surface area contributed by atoms with Gasteiger partial charge in [-0.25, -0.2) is 9.78 Å². The molecular formula is C20H22B3N9O3. The lowest BCUT2D eigenvalue weighted by Crippen LogP contribution is -2.50. The van der Waals surface area contributed by atoms with Gasteiger partial charge in [0.25, 0.3) is 5.91 Å². The summed E-state index contributed by atoms with van der Waals surface area (Å²) in [6, 6.07) is 6.06. The molecule has 35 heavy (non-hydrogen) atoms. The van der Waals surface area contributed by atoms with E-state index < -0.39 is 17.2 Å². The molecule has 2 aromatic heterocycles. The summed E-state index contributed by atoms with van der Waals surface area (Å²) in [4.78, 5) is 29.1. The summed E-state index contributed by atoms with van der Waals surface area (Å²) in [5.74, 6) is 0.112. The van der Waals surface area contributed by atoms with E-state index in [4.69, 9.17) is 28.3 Å². The third-order valence-corrected chi connectivity index (χ3v) is 4.33. The van der Waals surface area contributed by atoms with E-state index in [1.54, 1.807) is 50.1 Å². The van der Waals surface area contributed by atoms with E-state index >= 15 is 0 Å². The second kappa shape index (κ2) is 10.5.